The molecule has 1 saturated heterocycles. The summed E-state index contributed by atoms with van der Waals surface area (Å²) in [6, 6.07) is 0.205. The largest absolute Gasteiger partial charge is 0.383 e. The van der Waals surface area contributed by atoms with Crippen molar-refractivity contribution in [2.45, 2.75) is 13.0 Å². The van der Waals surface area contributed by atoms with E-state index in [2.05, 4.69) is 17.1 Å². The fourth-order valence-corrected chi connectivity index (χ4v) is 1.78. The molecule has 1 heterocycles. The number of hydrogen-bond acceptors (Lipinski definition) is 4. The van der Waals surface area contributed by atoms with E-state index in [1.54, 1.807) is 7.11 Å². The number of hydrogen-bond donors (Lipinski definition) is 2. The van der Waals surface area contributed by atoms with Crippen LogP contribution in [-0.4, -0.2) is 56.7 Å². The van der Waals surface area contributed by atoms with Gasteiger partial charge >= 0.3 is 0 Å². The van der Waals surface area contributed by atoms with Crippen molar-refractivity contribution in [1.82, 2.24) is 10.2 Å². The lowest BCUT2D eigenvalue weighted by molar-refractivity contribution is -0.122. The first-order valence-electron chi connectivity index (χ1n) is 5.37. The van der Waals surface area contributed by atoms with E-state index in [4.69, 9.17) is 10.5 Å². The van der Waals surface area contributed by atoms with Crippen molar-refractivity contribution in [3.05, 3.63) is 0 Å². The lowest BCUT2D eigenvalue weighted by Gasteiger charge is -2.14. The number of methoxy groups -OCH3 is 1. The molecule has 15 heavy (non-hydrogen) atoms. The number of nitrogens with one attached hydrogen (secondary N) is 1. The summed E-state index contributed by atoms with van der Waals surface area (Å²) in [6.45, 7) is 5.43. The Kier molecular flexibility index (Phi) is 5.01. The molecule has 1 aliphatic rings. The van der Waals surface area contributed by atoms with Crippen molar-refractivity contribution in [2.75, 3.05) is 39.9 Å². The van der Waals surface area contributed by atoms with Crippen LogP contribution >= 0.6 is 0 Å². The molecule has 0 aromatic rings. The summed E-state index contributed by atoms with van der Waals surface area (Å²) >= 11 is 0. The van der Waals surface area contributed by atoms with Gasteiger partial charge in [-0.2, -0.15) is 0 Å². The predicted octanol–water partition coefficient (Wildman–Crippen LogP) is -0.972. The molecule has 5 nitrogen and oxygen atoms in total. The summed E-state index contributed by atoms with van der Waals surface area (Å²) in [5.41, 5.74) is 5.87. The molecule has 2 atom stereocenters. The lowest BCUT2D eigenvalue weighted by atomic mass is 10.1. The minimum absolute atomic E-state index is 0.0494. The van der Waals surface area contributed by atoms with Gasteiger partial charge in [-0.15, -0.1) is 0 Å². The SMILES string of the molecule is COCCNC(=O)CN1CC(C)C(N)C1. The fourth-order valence-electron chi connectivity index (χ4n) is 1.78. The van der Waals surface area contributed by atoms with Gasteiger partial charge < -0.3 is 15.8 Å². The van der Waals surface area contributed by atoms with Gasteiger partial charge in [0.1, 0.15) is 0 Å². The molecule has 1 rings (SSSR count). The Balaban J connectivity index is 2.16. The summed E-state index contributed by atoms with van der Waals surface area (Å²) in [5.74, 6) is 0.533. The summed E-state index contributed by atoms with van der Waals surface area (Å²) in [4.78, 5) is 13.5. The molecule has 1 aliphatic heterocycles. The summed E-state index contributed by atoms with van der Waals surface area (Å²) in [6.07, 6.45) is 0. The summed E-state index contributed by atoms with van der Waals surface area (Å²) < 4.78 is 4.85. The number of ether oxygens (including phenoxy) is 1. The second kappa shape index (κ2) is 6.05. The maximum Gasteiger partial charge on any atom is 0.234 e. The van der Waals surface area contributed by atoms with Crippen LogP contribution in [0.15, 0.2) is 0 Å². The highest BCUT2D eigenvalue weighted by atomic mass is 16.5. The predicted molar refractivity (Wildman–Crippen MR) is 58.5 cm³/mol. The van der Waals surface area contributed by atoms with Gasteiger partial charge in [0, 0.05) is 32.8 Å². The fraction of sp³-hybridized carbons (Fsp3) is 0.900. The molecule has 1 amide bonds. The summed E-state index contributed by atoms with van der Waals surface area (Å²) in [7, 11) is 1.62. The van der Waals surface area contributed by atoms with Gasteiger partial charge in [0.05, 0.1) is 13.2 Å². The molecule has 1 fully saturated rings. The van der Waals surface area contributed by atoms with Crippen molar-refractivity contribution >= 4 is 5.91 Å². The lowest BCUT2D eigenvalue weighted by Crippen LogP contribution is -2.38. The van der Waals surface area contributed by atoms with Gasteiger partial charge in [0.25, 0.3) is 0 Å². The Morgan fingerprint density at radius 3 is 2.87 bits per heavy atom. The maximum atomic E-state index is 11.4. The Hall–Kier alpha value is -0.650. The van der Waals surface area contributed by atoms with Gasteiger partial charge in [-0.3, -0.25) is 9.69 Å². The first-order valence-corrected chi connectivity index (χ1v) is 5.37. The number of nitrogens with two attached hydrogens (primary N) is 1. The van der Waals surface area contributed by atoms with Crippen LogP contribution in [0.4, 0.5) is 0 Å². The molecule has 0 saturated carbocycles. The van der Waals surface area contributed by atoms with Crippen LogP contribution in [0, 0.1) is 5.92 Å². The van der Waals surface area contributed by atoms with E-state index in [9.17, 15) is 4.79 Å². The van der Waals surface area contributed by atoms with Crippen LogP contribution in [0.1, 0.15) is 6.92 Å². The van der Waals surface area contributed by atoms with E-state index >= 15 is 0 Å². The van der Waals surface area contributed by atoms with Crippen LogP contribution in [0.2, 0.25) is 0 Å². The Bertz CT molecular complexity index is 201. The maximum absolute atomic E-state index is 11.4. The number of nitrogens with zero attached hydrogens (tertiary/aromatic N) is 1. The third kappa shape index (κ3) is 4.15. The zero-order chi connectivity index (χ0) is 11.3. The monoisotopic (exact) mass is 215 g/mol. The van der Waals surface area contributed by atoms with E-state index in [1.165, 1.54) is 0 Å². The second-order valence-electron chi connectivity index (χ2n) is 4.18. The zero-order valence-electron chi connectivity index (χ0n) is 9.53. The minimum Gasteiger partial charge on any atom is -0.383 e. The molecule has 0 aromatic carbocycles. The molecule has 0 aromatic heterocycles. The van der Waals surface area contributed by atoms with Crippen LogP contribution in [0.5, 0.6) is 0 Å². The Morgan fingerprint density at radius 2 is 2.33 bits per heavy atom. The minimum atomic E-state index is 0.0494. The summed E-state index contributed by atoms with van der Waals surface area (Å²) in [5, 5.41) is 2.79. The van der Waals surface area contributed by atoms with Crippen LogP contribution < -0.4 is 11.1 Å². The standard InChI is InChI=1S/C10H21N3O2/c1-8-5-13(6-9(8)11)7-10(14)12-3-4-15-2/h8-9H,3-7,11H2,1-2H3,(H,12,14). The molecular formula is C10H21N3O2. The molecular weight excluding hydrogens is 194 g/mol. The highest BCUT2D eigenvalue weighted by Gasteiger charge is 2.27. The average molecular weight is 215 g/mol. The van der Waals surface area contributed by atoms with Crippen molar-refractivity contribution in [3.8, 4) is 0 Å². The third-order valence-corrected chi connectivity index (χ3v) is 2.74. The topological polar surface area (TPSA) is 67.6 Å². The highest BCUT2D eigenvalue weighted by Crippen LogP contribution is 2.13. The average Bonchev–Trinajstić information content (AvgIpc) is 2.46. The van der Waals surface area contributed by atoms with Crippen molar-refractivity contribution in [3.63, 3.8) is 0 Å². The number of likely N-dealkylation sites (tertiary alicyclic amines) is 1. The van der Waals surface area contributed by atoms with Gasteiger partial charge in [0.2, 0.25) is 5.91 Å². The molecule has 2 unspecified atom stereocenters. The Morgan fingerprint density at radius 1 is 1.60 bits per heavy atom. The van der Waals surface area contributed by atoms with Gasteiger partial charge in [-0.05, 0) is 5.92 Å². The van der Waals surface area contributed by atoms with Crippen LogP contribution in [-0.2, 0) is 9.53 Å². The zero-order valence-corrected chi connectivity index (χ0v) is 9.53. The van der Waals surface area contributed by atoms with Crippen LogP contribution in [0.25, 0.3) is 0 Å². The van der Waals surface area contributed by atoms with Crippen molar-refractivity contribution < 1.29 is 9.53 Å². The van der Waals surface area contributed by atoms with Gasteiger partial charge in [0.15, 0.2) is 0 Å². The molecule has 0 bridgehead atoms. The third-order valence-electron chi connectivity index (χ3n) is 2.74. The first-order chi connectivity index (χ1) is 7.13. The second-order valence-corrected chi connectivity index (χ2v) is 4.18. The van der Waals surface area contributed by atoms with Crippen molar-refractivity contribution in [2.24, 2.45) is 11.7 Å². The van der Waals surface area contributed by atoms with Crippen molar-refractivity contribution in [1.29, 1.82) is 0 Å². The van der Waals surface area contributed by atoms with Crippen LogP contribution in [0.3, 0.4) is 0 Å². The molecule has 5 heteroatoms. The highest BCUT2D eigenvalue weighted by molar-refractivity contribution is 5.78. The van der Waals surface area contributed by atoms with E-state index in [0.717, 1.165) is 13.1 Å². The number of rotatable bonds is 5. The molecule has 0 radical (unpaired) electrons. The molecule has 0 aliphatic carbocycles. The normalized spacial score (nSPS) is 26.9. The molecule has 88 valence electrons. The Labute approximate surface area is 90.9 Å². The number of carbonyl (C=O) groups is 1. The number of amides is 1. The van der Waals surface area contributed by atoms with E-state index in [-0.39, 0.29) is 11.9 Å². The number of carbonyl (C=O) groups excluding carboxylic acids is 1. The smallest absolute Gasteiger partial charge is 0.234 e. The van der Waals surface area contributed by atoms with Gasteiger partial charge in [-0.25, -0.2) is 0 Å². The van der Waals surface area contributed by atoms with E-state index in [0.29, 0.717) is 25.6 Å². The van der Waals surface area contributed by atoms with E-state index in [1.807, 2.05) is 0 Å². The molecule has 3 N–H and O–H groups in total. The van der Waals surface area contributed by atoms with Gasteiger partial charge in [-0.1, -0.05) is 6.92 Å². The molecule has 0 spiro atoms. The quantitative estimate of drug-likeness (QED) is 0.579. The first kappa shape index (κ1) is 12.4. The van der Waals surface area contributed by atoms with E-state index < -0.39 is 0 Å².